The zero-order chi connectivity index (χ0) is 81.5. The fourth-order valence-corrected chi connectivity index (χ4v) is 21.7. The average Bonchev–Trinajstić information content (AvgIpc) is 0.945. The lowest BCUT2D eigenvalue weighted by atomic mass is 9.78. The van der Waals surface area contributed by atoms with E-state index in [9.17, 15) is 0 Å². The predicted molar refractivity (Wildman–Crippen MR) is 522 cm³/mol. The Morgan fingerprint density at radius 3 is 1.03 bits per heavy atom. The fraction of sp³-hybridized carbons (Fsp3) is 0.128. The second-order valence-corrected chi connectivity index (χ2v) is 34.8. The highest BCUT2D eigenvalue weighted by Crippen LogP contribution is 2.54. The molecule has 0 amide bonds. The molecule has 590 valence electrons. The largest absolute Gasteiger partial charge is 0.456 e. The zero-order valence-corrected chi connectivity index (χ0v) is 69.3. The quantitative estimate of drug-likeness (QED) is 0.120. The van der Waals surface area contributed by atoms with Gasteiger partial charge in [0.05, 0.1) is 17.1 Å². The second-order valence-electron chi connectivity index (χ2n) is 34.8. The first-order valence-electron chi connectivity index (χ1n) is 44.1. The van der Waals surface area contributed by atoms with Crippen LogP contribution in [0.5, 0.6) is 0 Å². The number of benzene rings is 21. The van der Waals surface area contributed by atoms with Crippen molar-refractivity contribution in [3.05, 3.63) is 380 Å². The molecule has 26 rings (SSSR count). The van der Waals surface area contributed by atoms with Crippen molar-refractivity contribution in [2.24, 2.45) is 0 Å². The van der Waals surface area contributed by atoms with Gasteiger partial charge in [0.25, 0.3) is 0 Å². The van der Waals surface area contributed by atoms with Gasteiger partial charge in [-0.25, -0.2) is 0 Å². The number of para-hydroxylation sites is 4. The van der Waals surface area contributed by atoms with E-state index in [4.69, 9.17) is 13.3 Å². The summed E-state index contributed by atoms with van der Waals surface area (Å²) < 4.78 is 18.6. The molecule has 0 saturated heterocycles. The lowest BCUT2D eigenvalue weighted by Crippen LogP contribution is -2.13. The maximum atomic E-state index is 6.29. The van der Waals surface area contributed by atoms with E-state index in [1.807, 2.05) is 24.3 Å². The molecule has 2 aliphatic carbocycles. The van der Waals surface area contributed by atoms with Crippen LogP contribution < -0.4 is 14.7 Å². The highest BCUT2D eigenvalue weighted by Gasteiger charge is 2.30. The lowest BCUT2D eigenvalue weighted by molar-refractivity contribution is 0.445. The van der Waals surface area contributed by atoms with Gasteiger partial charge < -0.3 is 28.0 Å². The molecule has 0 unspecified atom stereocenters. The smallest absolute Gasteiger partial charge is 0.135 e. The van der Waals surface area contributed by atoms with Gasteiger partial charge in [0.15, 0.2) is 0 Å². The molecule has 2 fully saturated rings. The van der Waals surface area contributed by atoms with E-state index in [1.54, 1.807) is 5.56 Å². The van der Waals surface area contributed by atoms with Crippen molar-refractivity contribution in [1.29, 1.82) is 0 Å². The Morgan fingerprint density at radius 1 is 0.195 bits per heavy atom. The minimum absolute atomic E-state index is 0.581. The summed E-state index contributed by atoms with van der Waals surface area (Å²) in [6.07, 6.45) is 13.3. The van der Waals surface area contributed by atoms with Crippen LogP contribution in [0.25, 0.3) is 163 Å². The SMILES string of the molecule is Cc1cc(C)cc(N(c2ccc3oc4ccccc4c3c2)c2ccc3ccc4cccc5ccc2c3c45)c1.Cc1cccc(N(c2ccc3oc4ccccc4c3c2)c2ccc3ccc4cccc5ccc2c3c45)c1.c1ccc(N(c2ccc3oc4ccccc4c3c2)c2cc(C3CCCCC3)c3ccc4ccc(C5CCCCC5)c5ccc2c3c45)cc1. The first kappa shape index (κ1) is 72.5. The number of hydrogen-bond acceptors (Lipinski definition) is 6. The standard InChI is InChI=1S/C46H41NO.C36H25NO.C35H23NO/c1-4-12-30(13-5-1)35-23-20-32-21-24-38-40(31-14-6-2-7-15-31)29-42(39-26-25-37(35)45(32)46(38)39)47(33-16-8-3-9-17-33)34-22-27-44-41(28-34)36-18-10-11-19-43(36)48-44;1-22-18-23(2)20-28(19-22)37(27-14-17-34-31(21-27)29-8-3-4-9-33(29)38-34)32-16-13-26-11-10-24-6-5-7-25-12-15-30(32)36(26)35(24)25;1-22-6-4-9-26(20-22)36(27-16-19-33-30(21-27)28-10-2-3-11-32(28)37-33)31-18-15-25-13-12-23-7-5-8-24-14-17-29(31)35(25)34(23)24/h3,8-11,16-31H,1-2,4-7,12-15H2;3-21H,1-2H3;2-21H,1H3. The van der Waals surface area contributed by atoms with Crippen LogP contribution in [0.2, 0.25) is 0 Å². The van der Waals surface area contributed by atoms with E-state index in [-0.39, 0.29) is 0 Å². The fourth-order valence-electron chi connectivity index (χ4n) is 21.7. The summed E-state index contributed by atoms with van der Waals surface area (Å²) in [4.78, 5) is 7.31. The molecule has 24 aromatic rings. The van der Waals surface area contributed by atoms with Crippen molar-refractivity contribution in [3.8, 4) is 0 Å². The van der Waals surface area contributed by atoms with Gasteiger partial charge in [0, 0.05) is 82.6 Å². The molecule has 2 saturated carbocycles. The summed E-state index contributed by atoms with van der Waals surface area (Å²) in [6, 6.07) is 129. The lowest BCUT2D eigenvalue weighted by Gasteiger charge is -2.31. The van der Waals surface area contributed by atoms with Crippen molar-refractivity contribution < 1.29 is 13.3 Å². The molecule has 6 nitrogen and oxygen atoms in total. The maximum absolute atomic E-state index is 6.29. The van der Waals surface area contributed by atoms with E-state index in [0.29, 0.717) is 11.8 Å². The van der Waals surface area contributed by atoms with Gasteiger partial charge in [-0.05, 0) is 294 Å². The van der Waals surface area contributed by atoms with Crippen molar-refractivity contribution in [2.45, 2.75) is 96.8 Å². The molecule has 3 heterocycles. The Kier molecular flexibility index (Phi) is 17.4. The zero-order valence-electron chi connectivity index (χ0n) is 69.3. The number of rotatable bonds is 11. The van der Waals surface area contributed by atoms with Gasteiger partial charge in [0.1, 0.15) is 33.5 Å². The molecule has 0 bridgehead atoms. The summed E-state index contributed by atoms with van der Waals surface area (Å²) in [7, 11) is 0. The van der Waals surface area contributed by atoms with Gasteiger partial charge in [0.2, 0.25) is 0 Å². The number of fused-ring (bicyclic) bond motifs is 9. The summed E-state index contributed by atoms with van der Waals surface area (Å²) >= 11 is 0. The molecular formula is C117H89N3O3. The summed E-state index contributed by atoms with van der Waals surface area (Å²) in [5, 5.41) is 30.9. The average molecular weight is 1590 g/mol. The minimum atomic E-state index is 0.581. The minimum Gasteiger partial charge on any atom is -0.456 e. The molecule has 0 atom stereocenters. The number of aryl methyl sites for hydroxylation is 3. The van der Waals surface area contributed by atoms with Crippen LogP contribution in [-0.2, 0) is 0 Å². The van der Waals surface area contributed by atoms with Gasteiger partial charge in [-0.1, -0.05) is 263 Å². The third-order valence-corrected chi connectivity index (χ3v) is 27.2. The van der Waals surface area contributed by atoms with Crippen LogP contribution in [-0.4, -0.2) is 0 Å². The molecule has 3 aromatic heterocycles. The van der Waals surface area contributed by atoms with Crippen LogP contribution in [0, 0.1) is 20.8 Å². The molecule has 0 spiro atoms. The third-order valence-electron chi connectivity index (χ3n) is 27.2. The van der Waals surface area contributed by atoms with Gasteiger partial charge in [-0.15, -0.1) is 0 Å². The van der Waals surface area contributed by atoms with Crippen LogP contribution in [0.1, 0.15) is 104 Å². The predicted octanol–water partition coefficient (Wildman–Crippen LogP) is 34.9. The molecule has 0 radical (unpaired) electrons. The van der Waals surface area contributed by atoms with Crippen LogP contribution in [0.3, 0.4) is 0 Å². The summed E-state index contributed by atoms with van der Waals surface area (Å²) in [5.74, 6) is 1.25. The normalized spacial score (nSPS) is 13.7. The first-order chi connectivity index (χ1) is 60.7. The van der Waals surface area contributed by atoms with Gasteiger partial charge in [-0.3, -0.25) is 0 Å². The van der Waals surface area contributed by atoms with E-state index >= 15 is 0 Å². The monoisotopic (exact) mass is 1580 g/mol. The molecule has 0 aliphatic heterocycles. The Morgan fingerprint density at radius 2 is 0.537 bits per heavy atom. The number of nitrogens with zero attached hydrogens (tertiary/aromatic N) is 3. The van der Waals surface area contributed by atoms with Crippen molar-refractivity contribution >= 4 is 214 Å². The van der Waals surface area contributed by atoms with Crippen molar-refractivity contribution in [2.75, 3.05) is 14.7 Å². The van der Waals surface area contributed by atoms with E-state index in [2.05, 4.69) is 363 Å². The Balaban J connectivity index is 0.000000105. The highest BCUT2D eigenvalue weighted by atomic mass is 16.3. The van der Waals surface area contributed by atoms with E-state index < -0.39 is 0 Å². The third kappa shape index (κ3) is 12.3. The van der Waals surface area contributed by atoms with Crippen LogP contribution in [0.15, 0.2) is 365 Å². The van der Waals surface area contributed by atoms with Gasteiger partial charge >= 0.3 is 0 Å². The van der Waals surface area contributed by atoms with Crippen LogP contribution in [0.4, 0.5) is 51.2 Å². The van der Waals surface area contributed by atoms with Crippen LogP contribution >= 0.6 is 0 Å². The molecule has 0 N–H and O–H groups in total. The van der Waals surface area contributed by atoms with Crippen molar-refractivity contribution in [3.63, 3.8) is 0 Å². The topological polar surface area (TPSA) is 49.1 Å². The molecular weight excluding hydrogens is 1500 g/mol. The van der Waals surface area contributed by atoms with E-state index in [0.717, 1.165) is 94.3 Å². The van der Waals surface area contributed by atoms with Crippen molar-refractivity contribution in [1.82, 2.24) is 0 Å². The number of hydrogen-bond donors (Lipinski definition) is 0. The Labute approximate surface area is 713 Å². The van der Waals surface area contributed by atoms with Gasteiger partial charge in [-0.2, -0.15) is 0 Å². The molecule has 2 aliphatic rings. The van der Waals surface area contributed by atoms with E-state index in [1.165, 1.54) is 206 Å². The molecule has 123 heavy (non-hydrogen) atoms. The summed E-state index contributed by atoms with van der Waals surface area (Å²) in [5.41, 5.74) is 22.8. The molecule has 6 heteroatoms. The summed E-state index contributed by atoms with van der Waals surface area (Å²) in [6.45, 7) is 6.50. The molecule has 21 aromatic carbocycles. The number of furan rings is 3. The maximum Gasteiger partial charge on any atom is 0.135 e. The number of anilines is 9. The highest BCUT2D eigenvalue weighted by molar-refractivity contribution is 6.30. The Hall–Kier alpha value is -14.5. The Bertz CT molecular complexity index is 8190. The first-order valence-corrected chi connectivity index (χ1v) is 44.1. The second kappa shape index (κ2) is 29.5.